The monoisotopic (exact) mass is 514 g/mol. The molecule has 2 heterocycles. The standard InChI is InChI=1S/C17H25F3N6O.HI/c1-12-4-3-5-14(23-12)25-15(27)6-8-22-16(21-2)24-13-7-9-26(10-13)11-17(18,19)20;/h3-5,13H,6-11H2,1-2H3,(H2,21,22,24)(H,23,25,27);1H. The molecule has 1 aliphatic heterocycles. The molecule has 0 saturated carbocycles. The zero-order valence-electron chi connectivity index (χ0n) is 15.8. The number of carbonyl (C=O) groups is 1. The number of rotatable bonds is 6. The van der Waals surface area contributed by atoms with Gasteiger partial charge in [0.05, 0.1) is 6.54 Å². The average molecular weight is 514 g/mol. The van der Waals surface area contributed by atoms with Crippen LogP contribution in [0.5, 0.6) is 0 Å². The van der Waals surface area contributed by atoms with E-state index in [0.717, 1.165) is 5.69 Å². The van der Waals surface area contributed by atoms with Gasteiger partial charge in [0.15, 0.2) is 5.96 Å². The number of anilines is 1. The number of aliphatic imine (C=N–C) groups is 1. The number of alkyl halides is 3. The Morgan fingerprint density at radius 1 is 1.39 bits per heavy atom. The third kappa shape index (κ3) is 9.04. The van der Waals surface area contributed by atoms with Gasteiger partial charge < -0.3 is 16.0 Å². The summed E-state index contributed by atoms with van der Waals surface area (Å²) in [7, 11) is 1.58. The molecular weight excluding hydrogens is 488 g/mol. The van der Waals surface area contributed by atoms with E-state index in [2.05, 4.69) is 25.9 Å². The molecule has 1 atom stereocenters. The van der Waals surface area contributed by atoms with Crippen molar-refractivity contribution in [3.05, 3.63) is 23.9 Å². The summed E-state index contributed by atoms with van der Waals surface area (Å²) in [6, 6.07) is 5.26. The number of likely N-dealkylation sites (tertiary alicyclic amines) is 1. The molecule has 1 saturated heterocycles. The molecule has 28 heavy (non-hydrogen) atoms. The highest BCUT2D eigenvalue weighted by Gasteiger charge is 2.34. The van der Waals surface area contributed by atoms with Crippen LogP contribution in [0.15, 0.2) is 23.2 Å². The lowest BCUT2D eigenvalue weighted by molar-refractivity contribution is -0.143. The van der Waals surface area contributed by atoms with Crippen molar-refractivity contribution in [2.45, 2.75) is 32.0 Å². The highest BCUT2D eigenvalue weighted by molar-refractivity contribution is 14.0. The van der Waals surface area contributed by atoms with Crippen LogP contribution in [0, 0.1) is 6.92 Å². The first-order chi connectivity index (χ1) is 12.7. The maximum absolute atomic E-state index is 12.4. The van der Waals surface area contributed by atoms with Crippen molar-refractivity contribution in [1.29, 1.82) is 0 Å². The van der Waals surface area contributed by atoms with Gasteiger partial charge in [-0.3, -0.25) is 14.7 Å². The number of nitrogens with zero attached hydrogens (tertiary/aromatic N) is 3. The maximum atomic E-state index is 12.4. The van der Waals surface area contributed by atoms with Crippen LogP contribution in [0.3, 0.4) is 0 Å². The Kier molecular flexibility index (Phi) is 9.93. The van der Waals surface area contributed by atoms with E-state index in [4.69, 9.17) is 0 Å². The first kappa shape index (κ1) is 24.4. The fraction of sp³-hybridized carbons (Fsp3) is 0.588. The summed E-state index contributed by atoms with van der Waals surface area (Å²) in [4.78, 5) is 21.6. The number of hydrogen-bond donors (Lipinski definition) is 3. The average Bonchev–Trinajstić information content (AvgIpc) is 2.98. The Hall–Kier alpha value is -1.63. The van der Waals surface area contributed by atoms with Gasteiger partial charge in [-0.05, 0) is 25.5 Å². The summed E-state index contributed by atoms with van der Waals surface area (Å²) in [5.74, 6) is 0.779. The van der Waals surface area contributed by atoms with Crippen LogP contribution in [0.1, 0.15) is 18.5 Å². The summed E-state index contributed by atoms with van der Waals surface area (Å²) in [6.45, 7) is 1.98. The summed E-state index contributed by atoms with van der Waals surface area (Å²) in [6.07, 6.45) is -3.37. The fourth-order valence-electron chi connectivity index (χ4n) is 2.85. The van der Waals surface area contributed by atoms with Crippen molar-refractivity contribution in [3.63, 3.8) is 0 Å². The highest BCUT2D eigenvalue weighted by atomic mass is 127. The molecule has 1 fully saturated rings. The summed E-state index contributed by atoms with van der Waals surface area (Å²) in [5.41, 5.74) is 0.812. The Labute approximate surface area is 179 Å². The smallest absolute Gasteiger partial charge is 0.356 e. The van der Waals surface area contributed by atoms with Gasteiger partial charge in [0.1, 0.15) is 5.82 Å². The Balaban J connectivity index is 0.00000392. The second-order valence-electron chi connectivity index (χ2n) is 6.44. The van der Waals surface area contributed by atoms with E-state index in [1.54, 1.807) is 13.1 Å². The number of amides is 1. The Morgan fingerprint density at radius 3 is 2.79 bits per heavy atom. The molecule has 0 spiro atoms. The predicted octanol–water partition coefficient (Wildman–Crippen LogP) is 2.14. The lowest BCUT2D eigenvalue weighted by atomic mass is 10.3. The van der Waals surface area contributed by atoms with Crippen LogP contribution < -0.4 is 16.0 Å². The second-order valence-corrected chi connectivity index (χ2v) is 6.44. The van der Waals surface area contributed by atoms with Crippen molar-refractivity contribution in [1.82, 2.24) is 20.5 Å². The van der Waals surface area contributed by atoms with Crippen LogP contribution in [0.2, 0.25) is 0 Å². The summed E-state index contributed by atoms with van der Waals surface area (Å²) >= 11 is 0. The first-order valence-corrected chi connectivity index (χ1v) is 8.75. The van der Waals surface area contributed by atoms with E-state index in [0.29, 0.717) is 37.8 Å². The molecule has 158 valence electrons. The number of aryl methyl sites for hydroxylation is 1. The number of carbonyl (C=O) groups excluding carboxylic acids is 1. The number of hydrogen-bond acceptors (Lipinski definition) is 4. The Bertz CT molecular complexity index is 671. The first-order valence-electron chi connectivity index (χ1n) is 8.75. The van der Waals surface area contributed by atoms with E-state index < -0.39 is 12.7 Å². The number of aromatic nitrogens is 1. The molecule has 0 aromatic carbocycles. The van der Waals surface area contributed by atoms with E-state index in [1.165, 1.54) is 4.90 Å². The minimum Gasteiger partial charge on any atom is -0.356 e. The molecule has 11 heteroatoms. The number of pyridine rings is 1. The molecule has 0 bridgehead atoms. The van der Waals surface area contributed by atoms with E-state index in [1.807, 2.05) is 19.1 Å². The third-order valence-electron chi connectivity index (χ3n) is 4.04. The quantitative estimate of drug-likeness (QED) is 0.308. The number of guanidine groups is 1. The fourth-order valence-corrected chi connectivity index (χ4v) is 2.85. The second kappa shape index (κ2) is 11.4. The zero-order valence-corrected chi connectivity index (χ0v) is 18.2. The molecule has 1 aromatic rings. The van der Waals surface area contributed by atoms with Crippen molar-refractivity contribution >= 4 is 41.7 Å². The van der Waals surface area contributed by atoms with Gasteiger partial charge in [0.25, 0.3) is 0 Å². The molecular formula is C17H26F3IN6O. The molecule has 1 aliphatic rings. The van der Waals surface area contributed by atoms with Gasteiger partial charge in [-0.15, -0.1) is 24.0 Å². The predicted molar refractivity (Wildman–Crippen MR) is 113 cm³/mol. The van der Waals surface area contributed by atoms with Crippen molar-refractivity contribution in [2.75, 3.05) is 38.5 Å². The van der Waals surface area contributed by atoms with Gasteiger partial charge in [-0.25, -0.2) is 4.98 Å². The van der Waals surface area contributed by atoms with Gasteiger partial charge in [0, 0.05) is 44.8 Å². The van der Waals surface area contributed by atoms with Crippen molar-refractivity contribution in [3.8, 4) is 0 Å². The molecule has 1 unspecified atom stereocenters. The van der Waals surface area contributed by atoms with E-state index >= 15 is 0 Å². The van der Waals surface area contributed by atoms with Crippen molar-refractivity contribution in [2.24, 2.45) is 4.99 Å². The number of halogens is 4. The van der Waals surface area contributed by atoms with Crippen LogP contribution in [0.4, 0.5) is 19.0 Å². The molecule has 3 N–H and O–H groups in total. The van der Waals surface area contributed by atoms with Crippen molar-refractivity contribution < 1.29 is 18.0 Å². The topological polar surface area (TPSA) is 81.6 Å². The highest BCUT2D eigenvalue weighted by Crippen LogP contribution is 2.19. The largest absolute Gasteiger partial charge is 0.401 e. The van der Waals surface area contributed by atoms with Gasteiger partial charge in [-0.1, -0.05) is 6.07 Å². The minimum absolute atomic E-state index is 0. The van der Waals surface area contributed by atoms with Gasteiger partial charge in [-0.2, -0.15) is 13.2 Å². The van der Waals surface area contributed by atoms with Crippen LogP contribution in [-0.2, 0) is 4.79 Å². The molecule has 0 aliphatic carbocycles. The minimum atomic E-state index is -4.19. The molecule has 1 aromatic heterocycles. The van der Waals surface area contributed by atoms with E-state index in [-0.39, 0.29) is 42.3 Å². The molecule has 2 rings (SSSR count). The molecule has 7 nitrogen and oxygen atoms in total. The zero-order chi connectivity index (χ0) is 19.9. The Morgan fingerprint density at radius 2 is 2.14 bits per heavy atom. The van der Waals surface area contributed by atoms with Crippen LogP contribution in [-0.4, -0.2) is 67.2 Å². The van der Waals surface area contributed by atoms with Gasteiger partial charge >= 0.3 is 6.18 Å². The van der Waals surface area contributed by atoms with Gasteiger partial charge in [0.2, 0.25) is 5.91 Å². The lowest BCUT2D eigenvalue weighted by Crippen LogP contribution is -2.45. The summed E-state index contributed by atoms with van der Waals surface area (Å²) < 4.78 is 37.3. The molecule has 1 amide bonds. The normalized spacial score (nSPS) is 17.8. The van der Waals surface area contributed by atoms with Crippen LogP contribution >= 0.6 is 24.0 Å². The number of nitrogens with one attached hydrogen (secondary N) is 3. The van der Waals surface area contributed by atoms with Crippen LogP contribution in [0.25, 0.3) is 0 Å². The maximum Gasteiger partial charge on any atom is 0.401 e. The van der Waals surface area contributed by atoms with E-state index in [9.17, 15) is 18.0 Å². The lowest BCUT2D eigenvalue weighted by Gasteiger charge is -2.19. The molecule has 0 radical (unpaired) electrons. The SMILES string of the molecule is CN=C(NCCC(=O)Nc1cccc(C)n1)NC1CCN(CC(F)(F)F)C1.I. The summed E-state index contributed by atoms with van der Waals surface area (Å²) in [5, 5.41) is 8.81. The third-order valence-corrected chi connectivity index (χ3v) is 4.04.